The molecule has 1 aromatic rings. The van der Waals surface area contributed by atoms with Crippen molar-refractivity contribution in [3.05, 3.63) is 27.8 Å². The summed E-state index contributed by atoms with van der Waals surface area (Å²) in [4.78, 5) is 0. The Morgan fingerprint density at radius 1 is 1.38 bits per heavy atom. The summed E-state index contributed by atoms with van der Waals surface area (Å²) in [7, 11) is -2.04. The van der Waals surface area contributed by atoms with Gasteiger partial charge in [0.05, 0.1) is 5.69 Å². The molecule has 6 heteroatoms. The number of hydrogen-bond acceptors (Lipinski definition) is 2. The van der Waals surface area contributed by atoms with Gasteiger partial charge in [0.2, 0.25) is 0 Å². The van der Waals surface area contributed by atoms with E-state index >= 15 is 0 Å². The highest BCUT2D eigenvalue weighted by molar-refractivity contribution is 14.1. The molecule has 72 valence electrons. The van der Waals surface area contributed by atoms with Crippen LogP contribution in [0.15, 0.2) is 24.3 Å². The molecule has 0 atom stereocenters. The molecule has 13 heavy (non-hydrogen) atoms. The van der Waals surface area contributed by atoms with Gasteiger partial charge in [0.1, 0.15) is 0 Å². The summed E-state index contributed by atoms with van der Waals surface area (Å²) >= 11 is 2.11. The van der Waals surface area contributed by atoms with Gasteiger partial charge in [-0.2, -0.15) is 8.42 Å². The average molecular weight is 312 g/mol. The minimum atomic E-state index is -3.39. The van der Waals surface area contributed by atoms with E-state index in [4.69, 9.17) is 0 Å². The van der Waals surface area contributed by atoms with Crippen molar-refractivity contribution in [1.29, 1.82) is 0 Å². The summed E-state index contributed by atoms with van der Waals surface area (Å²) in [5, 5.41) is 0. The Bertz CT molecular complexity index is 391. The molecular weight excluding hydrogens is 303 g/mol. The molecule has 0 unspecified atom stereocenters. The SMILES string of the molecule is CNS(=O)(=O)Nc1cccc(I)c1. The summed E-state index contributed by atoms with van der Waals surface area (Å²) in [6, 6.07) is 7.11. The lowest BCUT2D eigenvalue weighted by Crippen LogP contribution is -2.26. The van der Waals surface area contributed by atoms with E-state index in [1.807, 2.05) is 6.07 Å². The second-order valence-electron chi connectivity index (χ2n) is 2.32. The molecule has 0 saturated carbocycles. The van der Waals surface area contributed by atoms with Crippen molar-refractivity contribution in [1.82, 2.24) is 4.72 Å². The highest BCUT2D eigenvalue weighted by Crippen LogP contribution is 2.12. The summed E-state index contributed by atoms with van der Waals surface area (Å²) in [6.07, 6.45) is 0. The molecule has 1 rings (SSSR count). The summed E-state index contributed by atoms with van der Waals surface area (Å²) in [6.45, 7) is 0. The Hall–Kier alpha value is -0.340. The molecule has 0 aromatic heterocycles. The van der Waals surface area contributed by atoms with Crippen LogP contribution in [-0.2, 0) is 10.2 Å². The molecule has 1 aromatic carbocycles. The molecule has 0 spiro atoms. The Morgan fingerprint density at radius 3 is 2.62 bits per heavy atom. The van der Waals surface area contributed by atoms with E-state index in [0.717, 1.165) is 3.57 Å². The van der Waals surface area contributed by atoms with Crippen LogP contribution in [0.1, 0.15) is 0 Å². The molecule has 0 saturated heterocycles. The first kappa shape index (κ1) is 10.7. The number of benzene rings is 1. The van der Waals surface area contributed by atoms with E-state index in [2.05, 4.69) is 32.0 Å². The van der Waals surface area contributed by atoms with Crippen molar-refractivity contribution in [3.8, 4) is 0 Å². The average Bonchev–Trinajstić information content (AvgIpc) is 2.03. The van der Waals surface area contributed by atoms with Gasteiger partial charge in [0, 0.05) is 10.6 Å². The molecule has 4 nitrogen and oxygen atoms in total. The number of nitrogens with one attached hydrogen (secondary N) is 2. The fourth-order valence-corrected chi connectivity index (χ4v) is 1.84. The maximum atomic E-state index is 11.1. The zero-order chi connectivity index (χ0) is 9.90. The van der Waals surface area contributed by atoms with E-state index in [9.17, 15) is 8.42 Å². The third-order valence-corrected chi connectivity index (χ3v) is 3.06. The maximum Gasteiger partial charge on any atom is 0.298 e. The van der Waals surface area contributed by atoms with Crippen LogP contribution in [0.5, 0.6) is 0 Å². The predicted octanol–water partition coefficient (Wildman–Crippen LogP) is 1.17. The fourth-order valence-electron chi connectivity index (χ4n) is 0.758. The Labute approximate surface area is 91.1 Å². The normalized spacial score (nSPS) is 11.2. The second-order valence-corrected chi connectivity index (χ2v) is 5.18. The summed E-state index contributed by atoms with van der Waals surface area (Å²) in [5.74, 6) is 0. The van der Waals surface area contributed by atoms with Crippen molar-refractivity contribution in [2.45, 2.75) is 0 Å². The number of rotatable bonds is 3. The van der Waals surface area contributed by atoms with Crippen LogP contribution in [0.25, 0.3) is 0 Å². The van der Waals surface area contributed by atoms with Crippen LogP contribution in [0.2, 0.25) is 0 Å². The smallest absolute Gasteiger partial charge is 0.271 e. The van der Waals surface area contributed by atoms with Crippen LogP contribution in [0.4, 0.5) is 5.69 Å². The summed E-state index contributed by atoms with van der Waals surface area (Å²) < 4.78 is 27.6. The van der Waals surface area contributed by atoms with E-state index in [0.29, 0.717) is 5.69 Å². The van der Waals surface area contributed by atoms with Gasteiger partial charge < -0.3 is 0 Å². The lowest BCUT2D eigenvalue weighted by molar-refractivity contribution is 0.593. The zero-order valence-corrected chi connectivity index (χ0v) is 9.89. The van der Waals surface area contributed by atoms with Crippen molar-refractivity contribution < 1.29 is 8.42 Å². The maximum absolute atomic E-state index is 11.1. The number of halogens is 1. The Balaban J connectivity index is 2.87. The Morgan fingerprint density at radius 2 is 2.08 bits per heavy atom. The molecule has 0 aliphatic rings. The van der Waals surface area contributed by atoms with Crippen LogP contribution in [0, 0.1) is 3.57 Å². The van der Waals surface area contributed by atoms with Gasteiger partial charge in [-0.3, -0.25) is 4.72 Å². The molecule has 0 heterocycles. The van der Waals surface area contributed by atoms with Gasteiger partial charge in [-0.05, 0) is 40.8 Å². The van der Waals surface area contributed by atoms with E-state index < -0.39 is 10.2 Å². The standard InChI is InChI=1S/C7H9IN2O2S/c1-9-13(11,12)10-7-4-2-3-6(8)5-7/h2-5,9-10H,1H3. The van der Waals surface area contributed by atoms with Gasteiger partial charge in [-0.25, -0.2) is 4.72 Å². The first-order valence-corrected chi connectivity index (χ1v) is 6.06. The van der Waals surface area contributed by atoms with Gasteiger partial charge >= 0.3 is 0 Å². The van der Waals surface area contributed by atoms with Crippen molar-refractivity contribution in [3.63, 3.8) is 0 Å². The van der Waals surface area contributed by atoms with Crippen molar-refractivity contribution in [2.24, 2.45) is 0 Å². The van der Waals surface area contributed by atoms with Crippen molar-refractivity contribution >= 4 is 38.5 Å². The molecule has 0 fully saturated rings. The van der Waals surface area contributed by atoms with E-state index in [-0.39, 0.29) is 0 Å². The molecule has 0 aliphatic heterocycles. The monoisotopic (exact) mass is 312 g/mol. The largest absolute Gasteiger partial charge is 0.298 e. The van der Waals surface area contributed by atoms with Crippen LogP contribution >= 0.6 is 22.6 Å². The number of anilines is 1. The minimum absolute atomic E-state index is 0.557. The predicted molar refractivity (Wildman–Crippen MR) is 60.8 cm³/mol. The highest BCUT2D eigenvalue weighted by atomic mass is 127. The first-order chi connectivity index (χ1) is 6.03. The van der Waals surface area contributed by atoms with Crippen molar-refractivity contribution in [2.75, 3.05) is 11.8 Å². The molecule has 0 bridgehead atoms. The third kappa shape index (κ3) is 3.49. The van der Waals surface area contributed by atoms with Crippen LogP contribution in [-0.4, -0.2) is 15.5 Å². The van der Waals surface area contributed by atoms with Gasteiger partial charge in [-0.15, -0.1) is 0 Å². The van der Waals surface area contributed by atoms with Crippen LogP contribution < -0.4 is 9.44 Å². The second kappa shape index (κ2) is 4.25. The minimum Gasteiger partial charge on any atom is -0.271 e. The lowest BCUT2D eigenvalue weighted by Gasteiger charge is -2.05. The molecule has 0 amide bonds. The Kier molecular flexibility index (Phi) is 3.51. The summed E-state index contributed by atoms with van der Waals surface area (Å²) in [5.41, 5.74) is 0.557. The van der Waals surface area contributed by atoms with E-state index in [1.165, 1.54) is 7.05 Å². The lowest BCUT2D eigenvalue weighted by atomic mass is 10.3. The number of hydrogen-bond donors (Lipinski definition) is 2. The topological polar surface area (TPSA) is 58.2 Å². The molecule has 0 radical (unpaired) electrons. The van der Waals surface area contributed by atoms with Gasteiger partial charge in [0.25, 0.3) is 10.2 Å². The molecular formula is C7H9IN2O2S. The van der Waals surface area contributed by atoms with Gasteiger partial charge in [0.15, 0.2) is 0 Å². The van der Waals surface area contributed by atoms with Gasteiger partial charge in [-0.1, -0.05) is 6.07 Å². The third-order valence-electron chi connectivity index (χ3n) is 1.35. The molecule has 0 aliphatic carbocycles. The highest BCUT2D eigenvalue weighted by Gasteiger charge is 2.05. The fraction of sp³-hybridized carbons (Fsp3) is 0.143. The zero-order valence-electron chi connectivity index (χ0n) is 6.91. The first-order valence-electron chi connectivity index (χ1n) is 3.50. The quantitative estimate of drug-likeness (QED) is 0.823. The van der Waals surface area contributed by atoms with E-state index in [1.54, 1.807) is 18.2 Å². The van der Waals surface area contributed by atoms with Crippen LogP contribution in [0.3, 0.4) is 0 Å². The molecule has 2 N–H and O–H groups in total.